The van der Waals surface area contributed by atoms with Gasteiger partial charge < -0.3 is 4.90 Å². The molecule has 10 nitrogen and oxygen atoms in total. The minimum atomic E-state index is -0.253. The van der Waals surface area contributed by atoms with E-state index in [0.717, 1.165) is 12.8 Å². The quantitative estimate of drug-likeness (QED) is 0.641. The van der Waals surface area contributed by atoms with Gasteiger partial charge in [0, 0.05) is 20.1 Å². The summed E-state index contributed by atoms with van der Waals surface area (Å²) in [5.41, 5.74) is 0.259. The van der Waals surface area contributed by atoms with E-state index >= 15 is 0 Å². The predicted octanol–water partition coefficient (Wildman–Crippen LogP) is -0.415. The largest absolute Gasteiger partial charge is 0.339 e. The molecule has 0 spiro atoms. The molecular weight excluding hydrogens is 324 g/mol. The smallest absolute Gasteiger partial charge is 0.264 e. The van der Waals surface area contributed by atoms with E-state index in [2.05, 4.69) is 20.2 Å². The summed E-state index contributed by atoms with van der Waals surface area (Å²) in [7, 11) is 1.72. The van der Waals surface area contributed by atoms with E-state index in [4.69, 9.17) is 0 Å². The van der Waals surface area contributed by atoms with E-state index in [1.165, 1.54) is 28.1 Å². The molecule has 0 aromatic carbocycles. The predicted molar refractivity (Wildman–Crippen MR) is 87.6 cm³/mol. The van der Waals surface area contributed by atoms with Gasteiger partial charge in [0.05, 0.1) is 12.2 Å². The number of rotatable bonds is 3. The second-order valence-corrected chi connectivity index (χ2v) is 6.19. The number of hydrogen-bond acceptors (Lipinski definition) is 6. The van der Waals surface area contributed by atoms with Crippen molar-refractivity contribution in [3.05, 3.63) is 35.5 Å². The summed E-state index contributed by atoms with van der Waals surface area (Å²) >= 11 is 0. The fraction of sp³-hybridized carbons (Fsp3) is 0.467. The number of likely N-dealkylation sites (tertiary alicyclic amines) is 1. The summed E-state index contributed by atoms with van der Waals surface area (Å²) in [4.78, 5) is 35.1. The summed E-state index contributed by atoms with van der Waals surface area (Å²) in [6.07, 6.45) is 7.90. The molecule has 25 heavy (non-hydrogen) atoms. The van der Waals surface area contributed by atoms with Gasteiger partial charge in [-0.25, -0.2) is 14.6 Å². The average Bonchev–Trinajstić information content (AvgIpc) is 3.28. The van der Waals surface area contributed by atoms with Crippen LogP contribution in [0.5, 0.6) is 0 Å². The van der Waals surface area contributed by atoms with Crippen molar-refractivity contribution in [1.82, 2.24) is 39.0 Å². The SMILES string of the molecule is Cn1ncc2c(=O)n(CC(=O)N3CCC[C@@H](n4cncn4)C3)cnc21. The maximum absolute atomic E-state index is 12.6. The van der Waals surface area contributed by atoms with Gasteiger partial charge in [-0.3, -0.25) is 18.8 Å². The fourth-order valence-corrected chi connectivity index (χ4v) is 3.23. The molecule has 1 amide bonds. The summed E-state index contributed by atoms with van der Waals surface area (Å²) in [5, 5.41) is 8.61. The lowest BCUT2D eigenvalue weighted by Gasteiger charge is -2.32. The molecule has 0 unspecified atom stereocenters. The highest BCUT2D eigenvalue weighted by Gasteiger charge is 2.25. The molecule has 0 saturated carbocycles. The highest BCUT2D eigenvalue weighted by atomic mass is 16.2. The van der Waals surface area contributed by atoms with Crippen LogP contribution < -0.4 is 5.56 Å². The second-order valence-electron chi connectivity index (χ2n) is 6.19. The molecule has 1 fully saturated rings. The van der Waals surface area contributed by atoms with E-state index in [-0.39, 0.29) is 24.1 Å². The molecule has 1 aliphatic heterocycles. The standard InChI is InChI=1S/C15H18N8O2/c1-20-14-12(5-18-20)15(25)22(10-17-14)7-13(24)21-4-2-3-11(6-21)23-9-16-8-19-23/h5,8-11H,2-4,6-7H2,1H3/t11-/m1/s1. The zero-order chi connectivity index (χ0) is 17.4. The molecule has 4 rings (SSSR count). The molecule has 10 heteroatoms. The lowest BCUT2D eigenvalue weighted by Crippen LogP contribution is -2.43. The lowest BCUT2D eigenvalue weighted by molar-refractivity contribution is -0.133. The van der Waals surface area contributed by atoms with Crippen molar-refractivity contribution in [3.63, 3.8) is 0 Å². The van der Waals surface area contributed by atoms with Crippen LogP contribution in [0.4, 0.5) is 0 Å². The number of aryl methyl sites for hydroxylation is 1. The molecule has 1 atom stereocenters. The number of carbonyl (C=O) groups is 1. The molecule has 1 aliphatic rings. The van der Waals surface area contributed by atoms with E-state index in [1.807, 2.05) is 0 Å². The molecule has 0 aliphatic carbocycles. The van der Waals surface area contributed by atoms with Crippen molar-refractivity contribution in [2.24, 2.45) is 7.05 Å². The Hall–Kier alpha value is -3.04. The molecule has 1 saturated heterocycles. The second kappa shape index (κ2) is 6.11. The van der Waals surface area contributed by atoms with Gasteiger partial charge in [-0.15, -0.1) is 0 Å². The fourth-order valence-electron chi connectivity index (χ4n) is 3.23. The zero-order valence-electron chi connectivity index (χ0n) is 13.8. The summed E-state index contributed by atoms with van der Waals surface area (Å²) in [5.74, 6) is -0.100. The van der Waals surface area contributed by atoms with Crippen molar-refractivity contribution in [2.75, 3.05) is 13.1 Å². The van der Waals surface area contributed by atoms with Crippen LogP contribution in [-0.4, -0.2) is 58.0 Å². The summed E-state index contributed by atoms with van der Waals surface area (Å²) < 4.78 is 4.66. The molecule has 0 N–H and O–H groups in total. The topological polar surface area (TPSA) is 104 Å². The normalized spacial score (nSPS) is 18.0. The van der Waals surface area contributed by atoms with Crippen LogP contribution in [0.2, 0.25) is 0 Å². The third-order valence-corrected chi connectivity index (χ3v) is 4.58. The van der Waals surface area contributed by atoms with Crippen LogP contribution in [-0.2, 0) is 18.4 Å². The number of hydrogen-bond donors (Lipinski definition) is 0. The Morgan fingerprint density at radius 1 is 1.32 bits per heavy atom. The Morgan fingerprint density at radius 3 is 3.00 bits per heavy atom. The van der Waals surface area contributed by atoms with E-state index < -0.39 is 0 Å². The number of piperidine rings is 1. The van der Waals surface area contributed by atoms with E-state index in [1.54, 1.807) is 23.0 Å². The van der Waals surface area contributed by atoms with Crippen LogP contribution in [0.3, 0.4) is 0 Å². The van der Waals surface area contributed by atoms with Crippen molar-refractivity contribution in [2.45, 2.75) is 25.4 Å². The number of amides is 1. The molecule has 0 bridgehead atoms. The van der Waals surface area contributed by atoms with Crippen LogP contribution in [0.25, 0.3) is 11.0 Å². The van der Waals surface area contributed by atoms with Crippen molar-refractivity contribution in [3.8, 4) is 0 Å². The van der Waals surface area contributed by atoms with Gasteiger partial charge in [-0.1, -0.05) is 0 Å². The van der Waals surface area contributed by atoms with Crippen LogP contribution in [0.15, 0.2) is 30.0 Å². The maximum atomic E-state index is 12.6. The molecular formula is C15H18N8O2. The first-order chi connectivity index (χ1) is 12.1. The lowest BCUT2D eigenvalue weighted by atomic mass is 10.1. The van der Waals surface area contributed by atoms with Crippen molar-refractivity contribution >= 4 is 16.9 Å². The van der Waals surface area contributed by atoms with Gasteiger partial charge in [0.1, 0.15) is 30.9 Å². The first kappa shape index (κ1) is 15.5. The van der Waals surface area contributed by atoms with Crippen LogP contribution >= 0.6 is 0 Å². The van der Waals surface area contributed by atoms with Gasteiger partial charge in [0.2, 0.25) is 5.91 Å². The number of carbonyl (C=O) groups excluding carboxylic acids is 1. The monoisotopic (exact) mass is 342 g/mol. The van der Waals surface area contributed by atoms with E-state index in [0.29, 0.717) is 24.1 Å². The minimum Gasteiger partial charge on any atom is -0.339 e. The van der Waals surface area contributed by atoms with Crippen LogP contribution in [0.1, 0.15) is 18.9 Å². The maximum Gasteiger partial charge on any atom is 0.264 e. The Bertz CT molecular complexity index is 958. The van der Waals surface area contributed by atoms with Gasteiger partial charge in [-0.2, -0.15) is 10.2 Å². The third-order valence-electron chi connectivity index (χ3n) is 4.58. The Labute approximate surface area is 142 Å². The summed E-state index contributed by atoms with van der Waals surface area (Å²) in [6, 6.07) is 0.121. The number of fused-ring (bicyclic) bond motifs is 1. The van der Waals surface area contributed by atoms with E-state index in [9.17, 15) is 9.59 Å². The van der Waals surface area contributed by atoms with Gasteiger partial charge in [-0.05, 0) is 12.8 Å². The molecule has 4 heterocycles. The van der Waals surface area contributed by atoms with Crippen LogP contribution in [0, 0.1) is 0 Å². The Morgan fingerprint density at radius 2 is 2.20 bits per heavy atom. The molecule has 130 valence electrons. The first-order valence-corrected chi connectivity index (χ1v) is 8.12. The number of aromatic nitrogens is 7. The first-order valence-electron chi connectivity index (χ1n) is 8.12. The highest BCUT2D eigenvalue weighted by Crippen LogP contribution is 2.20. The molecule has 0 radical (unpaired) electrons. The Kier molecular flexibility index (Phi) is 3.79. The highest BCUT2D eigenvalue weighted by molar-refractivity contribution is 5.77. The average molecular weight is 342 g/mol. The zero-order valence-corrected chi connectivity index (χ0v) is 13.8. The minimum absolute atomic E-state index is 0.0270. The van der Waals surface area contributed by atoms with Crippen molar-refractivity contribution < 1.29 is 4.79 Å². The molecule has 3 aromatic rings. The van der Waals surface area contributed by atoms with Gasteiger partial charge in [0.25, 0.3) is 5.56 Å². The molecule has 3 aromatic heterocycles. The number of nitrogens with zero attached hydrogens (tertiary/aromatic N) is 8. The van der Waals surface area contributed by atoms with Gasteiger partial charge >= 0.3 is 0 Å². The Balaban J connectivity index is 1.52. The third kappa shape index (κ3) is 2.79. The summed E-state index contributed by atoms with van der Waals surface area (Å²) in [6.45, 7) is 1.22. The van der Waals surface area contributed by atoms with Crippen molar-refractivity contribution in [1.29, 1.82) is 0 Å². The van der Waals surface area contributed by atoms with Gasteiger partial charge in [0.15, 0.2) is 5.65 Å².